The van der Waals surface area contributed by atoms with E-state index in [2.05, 4.69) is 75.9 Å². The van der Waals surface area contributed by atoms with Crippen molar-refractivity contribution in [1.29, 1.82) is 0 Å². The molecule has 1 N–H and O–H groups in total. The smallest absolute Gasteiger partial charge is 0.120 e. The van der Waals surface area contributed by atoms with Crippen LogP contribution in [0.3, 0.4) is 0 Å². The van der Waals surface area contributed by atoms with Crippen molar-refractivity contribution in [2.45, 2.75) is 59.7 Å². The van der Waals surface area contributed by atoms with Crippen LogP contribution < -0.4 is 0 Å². The van der Waals surface area contributed by atoms with Gasteiger partial charge in [-0.1, -0.05) is 70.2 Å². The van der Waals surface area contributed by atoms with Crippen molar-refractivity contribution < 1.29 is 5.11 Å². The third-order valence-electron chi connectivity index (χ3n) is 5.22. The van der Waals surface area contributed by atoms with Gasteiger partial charge in [-0.2, -0.15) is 0 Å². The molecule has 0 spiro atoms. The number of likely N-dealkylation sites (N-methyl/N-ethyl adjacent to an activating group) is 1. The molecule has 0 aliphatic rings. The molecule has 1 atom stereocenters. The van der Waals surface area contributed by atoms with Gasteiger partial charge in [0.2, 0.25) is 0 Å². The van der Waals surface area contributed by atoms with E-state index in [1.807, 2.05) is 18.2 Å². The van der Waals surface area contributed by atoms with E-state index < -0.39 is 0 Å². The minimum atomic E-state index is 0.388. The molecule has 0 aliphatic carbocycles. The largest absolute Gasteiger partial charge is 0.508 e. The summed E-state index contributed by atoms with van der Waals surface area (Å²) in [6.45, 7) is 11.8. The number of rotatable bonds is 11. The molecule has 2 rings (SSSR count). The van der Waals surface area contributed by atoms with Crippen LogP contribution in [-0.4, -0.2) is 41.6 Å². The van der Waals surface area contributed by atoms with Crippen LogP contribution in [0.25, 0.3) is 0 Å². The van der Waals surface area contributed by atoms with Crippen molar-refractivity contribution in [1.82, 2.24) is 9.80 Å². The number of phenolic OH excluding ortho intramolecular Hbond substituents is 1. The molecule has 29 heavy (non-hydrogen) atoms. The zero-order chi connectivity index (χ0) is 21.4. The number of nitrogens with zero attached hydrogens (tertiary/aromatic N) is 2. The van der Waals surface area contributed by atoms with E-state index in [-0.39, 0.29) is 0 Å². The van der Waals surface area contributed by atoms with Crippen molar-refractivity contribution in [3.63, 3.8) is 0 Å². The summed E-state index contributed by atoms with van der Waals surface area (Å²) in [5, 5.41) is 10.4. The summed E-state index contributed by atoms with van der Waals surface area (Å²) in [6, 6.07) is 17.2. The summed E-state index contributed by atoms with van der Waals surface area (Å²) in [4.78, 5) is 4.82. The Morgan fingerprint density at radius 2 is 1.52 bits per heavy atom. The summed E-state index contributed by atoms with van der Waals surface area (Å²) in [6.07, 6.45) is 2.25. The minimum absolute atomic E-state index is 0.388. The number of para-hydroxylation sites is 1. The van der Waals surface area contributed by atoms with Crippen LogP contribution in [-0.2, 0) is 19.5 Å². The SMILES string of the molecule is CC(C)Cc1cccc(CN(Cc2ccccc2O)[C@@H](CC(C)C)CN(C)C)c1. The predicted molar refractivity (Wildman–Crippen MR) is 124 cm³/mol. The molecule has 0 fully saturated rings. The first-order valence-corrected chi connectivity index (χ1v) is 11.0. The second-order valence-corrected chi connectivity index (χ2v) is 9.50. The van der Waals surface area contributed by atoms with Crippen LogP contribution >= 0.6 is 0 Å². The van der Waals surface area contributed by atoms with Gasteiger partial charge in [0, 0.05) is 31.2 Å². The maximum atomic E-state index is 10.4. The fourth-order valence-corrected chi connectivity index (χ4v) is 4.04. The van der Waals surface area contributed by atoms with Gasteiger partial charge in [-0.05, 0) is 56.0 Å². The highest BCUT2D eigenvalue weighted by atomic mass is 16.3. The van der Waals surface area contributed by atoms with E-state index in [1.54, 1.807) is 6.07 Å². The topological polar surface area (TPSA) is 26.7 Å². The van der Waals surface area contributed by atoms with Gasteiger partial charge >= 0.3 is 0 Å². The first-order valence-electron chi connectivity index (χ1n) is 11.0. The highest BCUT2D eigenvalue weighted by Crippen LogP contribution is 2.24. The van der Waals surface area contributed by atoms with E-state index in [1.165, 1.54) is 11.1 Å². The van der Waals surface area contributed by atoms with E-state index in [0.29, 0.717) is 23.6 Å². The Bertz CT molecular complexity index is 729. The fourth-order valence-electron chi connectivity index (χ4n) is 4.04. The zero-order valence-electron chi connectivity index (χ0n) is 19.2. The standard InChI is InChI=1S/C26H40N2O/c1-20(2)14-22-10-9-11-23(16-22)17-28(18-24-12-7-8-13-26(24)29)25(15-21(3)4)19-27(5)6/h7-13,16,20-21,25,29H,14-15,17-19H2,1-6H3/t25-/m0/s1. The Morgan fingerprint density at radius 1 is 0.828 bits per heavy atom. The van der Waals surface area contributed by atoms with Gasteiger partial charge < -0.3 is 10.0 Å². The van der Waals surface area contributed by atoms with Crippen molar-refractivity contribution in [3.8, 4) is 5.75 Å². The number of hydrogen-bond acceptors (Lipinski definition) is 3. The summed E-state index contributed by atoms with van der Waals surface area (Å²) in [5.74, 6) is 1.67. The van der Waals surface area contributed by atoms with E-state index in [0.717, 1.165) is 38.0 Å². The monoisotopic (exact) mass is 396 g/mol. The van der Waals surface area contributed by atoms with E-state index in [9.17, 15) is 5.11 Å². The molecular weight excluding hydrogens is 356 g/mol. The lowest BCUT2D eigenvalue weighted by Gasteiger charge is -2.35. The highest BCUT2D eigenvalue weighted by Gasteiger charge is 2.22. The molecule has 0 saturated heterocycles. The molecule has 3 nitrogen and oxygen atoms in total. The minimum Gasteiger partial charge on any atom is -0.508 e. The summed E-state index contributed by atoms with van der Waals surface area (Å²) in [7, 11) is 4.30. The molecule has 160 valence electrons. The van der Waals surface area contributed by atoms with Crippen molar-refractivity contribution in [3.05, 3.63) is 65.2 Å². The second kappa shape index (κ2) is 11.4. The predicted octanol–water partition coefficient (Wildman–Crippen LogP) is 5.57. The number of benzene rings is 2. The molecule has 2 aromatic carbocycles. The molecule has 0 bridgehead atoms. The first kappa shape index (κ1) is 23.4. The van der Waals surface area contributed by atoms with Gasteiger partial charge in [0.25, 0.3) is 0 Å². The quantitative estimate of drug-likeness (QED) is 0.538. The van der Waals surface area contributed by atoms with Crippen LogP contribution in [0, 0.1) is 11.8 Å². The molecule has 0 unspecified atom stereocenters. The molecule has 3 heteroatoms. The van der Waals surface area contributed by atoms with Crippen molar-refractivity contribution in [2.75, 3.05) is 20.6 Å². The Hall–Kier alpha value is -1.84. The van der Waals surface area contributed by atoms with Crippen LogP contribution in [0.1, 0.15) is 50.8 Å². The van der Waals surface area contributed by atoms with Crippen LogP contribution in [0.4, 0.5) is 0 Å². The maximum absolute atomic E-state index is 10.4. The van der Waals surface area contributed by atoms with Gasteiger partial charge in [0.1, 0.15) is 5.75 Å². The van der Waals surface area contributed by atoms with Gasteiger partial charge in [-0.3, -0.25) is 4.90 Å². The fraction of sp³-hybridized carbons (Fsp3) is 0.538. The molecule has 0 radical (unpaired) electrons. The molecule has 0 aliphatic heterocycles. The van der Waals surface area contributed by atoms with Gasteiger partial charge in [-0.15, -0.1) is 0 Å². The molecule has 0 amide bonds. The average molecular weight is 397 g/mol. The Morgan fingerprint density at radius 3 is 2.14 bits per heavy atom. The van der Waals surface area contributed by atoms with Gasteiger partial charge in [0.05, 0.1) is 0 Å². The third kappa shape index (κ3) is 8.20. The lowest BCUT2D eigenvalue weighted by Crippen LogP contribution is -2.42. The molecular formula is C26H40N2O. The lowest BCUT2D eigenvalue weighted by atomic mass is 9.98. The molecule has 0 aromatic heterocycles. The van der Waals surface area contributed by atoms with Gasteiger partial charge in [-0.25, -0.2) is 0 Å². The van der Waals surface area contributed by atoms with Crippen LogP contribution in [0.5, 0.6) is 5.75 Å². The third-order valence-corrected chi connectivity index (χ3v) is 5.22. The lowest BCUT2D eigenvalue weighted by molar-refractivity contribution is 0.126. The molecule has 0 saturated carbocycles. The Kier molecular flexibility index (Phi) is 9.19. The van der Waals surface area contributed by atoms with E-state index in [4.69, 9.17) is 0 Å². The first-order chi connectivity index (χ1) is 13.7. The van der Waals surface area contributed by atoms with Crippen molar-refractivity contribution in [2.24, 2.45) is 11.8 Å². The summed E-state index contributed by atoms with van der Waals surface area (Å²) < 4.78 is 0. The summed E-state index contributed by atoms with van der Waals surface area (Å²) in [5.41, 5.74) is 3.76. The van der Waals surface area contributed by atoms with Crippen LogP contribution in [0.15, 0.2) is 48.5 Å². The Balaban J connectivity index is 2.31. The number of aromatic hydroxyl groups is 1. The average Bonchev–Trinajstić information content (AvgIpc) is 2.61. The highest BCUT2D eigenvalue weighted by molar-refractivity contribution is 5.32. The Labute approximate surface area is 178 Å². The van der Waals surface area contributed by atoms with Crippen LogP contribution in [0.2, 0.25) is 0 Å². The molecule has 0 heterocycles. The second-order valence-electron chi connectivity index (χ2n) is 9.50. The number of phenols is 1. The number of hydrogen-bond donors (Lipinski definition) is 1. The molecule has 2 aromatic rings. The normalized spacial score (nSPS) is 13.0. The zero-order valence-corrected chi connectivity index (χ0v) is 19.2. The van der Waals surface area contributed by atoms with Gasteiger partial charge in [0.15, 0.2) is 0 Å². The van der Waals surface area contributed by atoms with Crippen molar-refractivity contribution >= 4 is 0 Å². The summed E-state index contributed by atoms with van der Waals surface area (Å²) >= 11 is 0. The maximum Gasteiger partial charge on any atom is 0.120 e. The van der Waals surface area contributed by atoms with E-state index >= 15 is 0 Å².